The van der Waals surface area contributed by atoms with Crippen molar-refractivity contribution in [1.29, 1.82) is 0 Å². The molecule has 0 aliphatic heterocycles. The minimum Gasteiger partial charge on any atom is -0.307 e. The van der Waals surface area contributed by atoms with Gasteiger partial charge in [-0.1, -0.05) is 0 Å². The first-order valence-electron chi connectivity index (χ1n) is 5.79. The summed E-state index contributed by atoms with van der Waals surface area (Å²) in [5.41, 5.74) is -0.210. The quantitative estimate of drug-likeness (QED) is 0.927. The number of aromatic nitrogens is 2. The van der Waals surface area contributed by atoms with Crippen molar-refractivity contribution in [2.75, 3.05) is 5.32 Å². The number of benzene rings is 1. The maximum absolute atomic E-state index is 13.5. The van der Waals surface area contributed by atoms with E-state index in [-0.39, 0.29) is 11.6 Å². The molecule has 0 unspecified atom stereocenters. The second-order valence-electron chi connectivity index (χ2n) is 4.33. The lowest BCUT2D eigenvalue weighted by Gasteiger charge is -2.12. The standard InChI is InChI=1S/C13H13F2N3O/c1-8(2)18-12(5-6-16-18)17-13(19)10-4-3-9(14)7-11(10)15/h3-8H,1-2H3,(H,17,19). The predicted molar refractivity (Wildman–Crippen MR) is 66.9 cm³/mol. The van der Waals surface area contributed by atoms with Gasteiger partial charge in [-0.3, -0.25) is 4.79 Å². The van der Waals surface area contributed by atoms with Gasteiger partial charge in [0.2, 0.25) is 0 Å². The molecule has 0 fully saturated rings. The van der Waals surface area contributed by atoms with Crippen LogP contribution in [0.3, 0.4) is 0 Å². The van der Waals surface area contributed by atoms with Gasteiger partial charge in [0.15, 0.2) is 0 Å². The molecule has 1 N–H and O–H groups in total. The molecule has 4 nitrogen and oxygen atoms in total. The van der Waals surface area contributed by atoms with Crippen LogP contribution >= 0.6 is 0 Å². The first kappa shape index (κ1) is 13.2. The van der Waals surface area contributed by atoms with Crippen LogP contribution in [0.1, 0.15) is 30.2 Å². The van der Waals surface area contributed by atoms with Gasteiger partial charge < -0.3 is 5.32 Å². The maximum atomic E-state index is 13.5. The van der Waals surface area contributed by atoms with Crippen molar-refractivity contribution in [3.8, 4) is 0 Å². The van der Waals surface area contributed by atoms with Crippen molar-refractivity contribution >= 4 is 11.7 Å². The second-order valence-corrected chi connectivity index (χ2v) is 4.33. The van der Waals surface area contributed by atoms with Crippen LogP contribution in [0.15, 0.2) is 30.5 Å². The van der Waals surface area contributed by atoms with Crippen molar-refractivity contribution in [1.82, 2.24) is 9.78 Å². The van der Waals surface area contributed by atoms with Crippen molar-refractivity contribution in [3.63, 3.8) is 0 Å². The van der Waals surface area contributed by atoms with Gasteiger partial charge in [-0.15, -0.1) is 0 Å². The number of hydrogen-bond acceptors (Lipinski definition) is 2. The molecule has 0 saturated heterocycles. The van der Waals surface area contributed by atoms with Crippen LogP contribution in [0.2, 0.25) is 0 Å². The van der Waals surface area contributed by atoms with E-state index >= 15 is 0 Å². The summed E-state index contributed by atoms with van der Waals surface area (Å²) in [5, 5.41) is 6.59. The third-order valence-corrected chi connectivity index (χ3v) is 2.58. The van der Waals surface area contributed by atoms with E-state index in [1.54, 1.807) is 10.7 Å². The summed E-state index contributed by atoms with van der Waals surface area (Å²) in [7, 11) is 0. The van der Waals surface area contributed by atoms with E-state index < -0.39 is 17.5 Å². The Hall–Kier alpha value is -2.24. The average molecular weight is 265 g/mol. The van der Waals surface area contributed by atoms with Crippen molar-refractivity contribution in [2.24, 2.45) is 0 Å². The van der Waals surface area contributed by atoms with E-state index in [2.05, 4.69) is 10.4 Å². The van der Waals surface area contributed by atoms with E-state index in [1.165, 1.54) is 6.20 Å². The van der Waals surface area contributed by atoms with E-state index in [4.69, 9.17) is 0 Å². The topological polar surface area (TPSA) is 46.9 Å². The molecule has 0 spiro atoms. The van der Waals surface area contributed by atoms with Crippen LogP contribution in [0.5, 0.6) is 0 Å². The molecule has 100 valence electrons. The van der Waals surface area contributed by atoms with Crippen LogP contribution in [0, 0.1) is 11.6 Å². The molecule has 0 radical (unpaired) electrons. The zero-order chi connectivity index (χ0) is 14.0. The second kappa shape index (κ2) is 5.17. The Bertz CT molecular complexity index is 608. The highest BCUT2D eigenvalue weighted by Gasteiger charge is 2.15. The molecular formula is C13H13F2N3O. The van der Waals surface area contributed by atoms with Crippen LogP contribution in [0.25, 0.3) is 0 Å². The van der Waals surface area contributed by atoms with Gasteiger partial charge in [0.1, 0.15) is 17.5 Å². The van der Waals surface area contributed by atoms with Crippen LogP contribution in [-0.4, -0.2) is 15.7 Å². The SMILES string of the molecule is CC(C)n1nccc1NC(=O)c1ccc(F)cc1F. The number of nitrogens with one attached hydrogen (secondary N) is 1. The summed E-state index contributed by atoms with van der Waals surface area (Å²) >= 11 is 0. The fraction of sp³-hybridized carbons (Fsp3) is 0.231. The lowest BCUT2D eigenvalue weighted by Crippen LogP contribution is -2.18. The van der Waals surface area contributed by atoms with Crippen molar-refractivity contribution < 1.29 is 13.6 Å². The smallest absolute Gasteiger partial charge is 0.259 e. The number of carbonyl (C=O) groups is 1. The Balaban J connectivity index is 2.23. The third kappa shape index (κ3) is 2.78. The summed E-state index contributed by atoms with van der Waals surface area (Å²) < 4.78 is 27.8. The normalized spacial score (nSPS) is 10.8. The van der Waals surface area contributed by atoms with Gasteiger partial charge in [0.05, 0.1) is 11.8 Å². The van der Waals surface area contributed by atoms with Crippen LogP contribution < -0.4 is 5.32 Å². The van der Waals surface area contributed by atoms with Gasteiger partial charge in [-0.05, 0) is 26.0 Å². The fourth-order valence-corrected chi connectivity index (χ4v) is 1.68. The number of carbonyl (C=O) groups excluding carboxylic acids is 1. The number of hydrogen-bond donors (Lipinski definition) is 1. The molecule has 0 aliphatic rings. The maximum Gasteiger partial charge on any atom is 0.259 e. The van der Waals surface area contributed by atoms with Crippen LogP contribution in [0.4, 0.5) is 14.6 Å². The summed E-state index contributed by atoms with van der Waals surface area (Å²) in [6, 6.07) is 4.49. The number of rotatable bonds is 3. The zero-order valence-electron chi connectivity index (χ0n) is 10.5. The average Bonchev–Trinajstić information content (AvgIpc) is 2.76. The van der Waals surface area contributed by atoms with E-state index in [1.807, 2.05) is 13.8 Å². The number of nitrogens with zero attached hydrogens (tertiary/aromatic N) is 2. The number of halogens is 2. The highest BCUT2D eigenvalue weighted by Crippen LogP contribution is 2.16. The predicted octanol–water partition coefficient (Wildman–Crippen LogP) is 2.99. The zero-order valence-corrected chi connectivity index (χ0v) is 10.5. The van der Waals surface area contributed by atoms with E-state index in [0.29, 0.717) is 11.9 Å². The third-order valence-electron chi connectivity index (χ3n) is 2.58. The molecule has 0 aliphatic carbocycles. The van der Waals surface area contributed by atoms with Gasteiger partial charge in [0, 0.05) is 18.2 Å². The highest BCUT2D eigenvalue weighted by molar-refractivity contribution is 6.04. The lowest BCUT2D eigenvalue weighted by atomic mass is 10.2. The molecule has 1 heterocycles. The summed E-state index contributed by atoms with van der Waals surface area (Å²) in [6.45, 7) is 3.81. The molecule has 1 amide bonds. The minimum absolute atomic E-state index is 0.0587. The van der Waals surface area contributed by atoms with Gasteiger partial charge in [-0.2, -0.15) is 5.10 Å². The number of anilines is 1. The summed E-state index contributed by atoms with van der Waals surface area (Å²) in [5.74, 6) is -1.79. The first-order valence-corrected chi connectivity index (χ1v) is 5.79. The Labute approximate surface area is 109 Å². The summed E-state index contributed by atoms with van der Waals surface area (Å²) in [4.78, 5) is 11.9. The molecule has 2 rings (SSSR count). The fourth-order valence-electron chi connectivity index (χ4n) is 1.68. The Kier molecular flexibility index (Phi) is 3.59. The Morgan fingerprint density at radius 1 is 1.32 bits per heavy atom. The molecule has 0 atom stereocenters. The first-order chi connectivity index (χ1) is 8.99. The van der Waals surface area contributed by atoms with Crippen LogP contribution in [-0.2, 0) is 0 Å². The van der Waals surface area contributed by atoms with Crippen molar-refractivity contribution in [3.05, 3.63) is 47.7 Å². The minimum atomic E-state index is -0.895. The molecule has 0 saturated carbocycles. The van der Waals surface area contributed by atoms with E-state index in [9.17, 15) is 13.6 Å². The van der Waals surface area contributed by atoms with Gasteiger partial charge >= 0.3 is 0 Å². The van der Waals surface area contributed by atoms with Gasteiger partial charge in [0.25, 0.3) is 5.91 Å². The molecule has 1 aromatic carbocycles. The highest BCUT2D eigenvalue weighted by atomic mass is 19.1. The van der Waals surface area contributed by atoms with E-state index in [0.717, 1.165) is 12.1 Å². The molecular weight excluding hydrogens is 252 g/mol. The Morgan fingerprint density at radius 2 is 2.05 bits per heavy atom. The monoisotopic (exact) mass is 265 g/mol. The Morgan fingerprint density at radius 3 is 2.68 bits per heavy atom. The largest absolute Gasteiger partial charge is 0.307 e. The molecule has 1 aromatic heterocycles. The molecule has 6 heteroatoms. The van der Waals surface area contributed by atoms with Crippen molar-refractivity contribution in [2.45, 2.75) is 19.9 Å². The molecule has 19 heavy (non-hydrogen) atoms. The molecule has 0 bridgehead atoms. The summed E-state index contributed by atoms with van der Waals surface area (Å²) in [6.07, 6.45) is 1.54. The number of amides is 1. The molecule has 2 aromatic rings. The van der Waals surface area contributed by atoms with Gasteiger partial charge in [-0.25, -0.2) is 13.5 Å². The lowest BCUT2D eigenvalue weighted by molar-refractivity contribution is 0.102.